The van der Waals surface area contributed by atoms with Crippen LogP contribution in [0.4, 0.5) is 17.6 Å². The Morgan fingerprint density at radius 1 is 1.14 bits per heavy atom. The lowest BCUT2D eigenvalue weighted by Crippen LogP contribution is -2.63. The molecule has 3 rings (SSSR count). The highest BCUT2D eigenvalue weighted by atomic mass is 19.4. The van der Waals surface area contributed by atoms with Crippen LogP contribution < -0.4 is 5.32 Å². The Balaban J connectivity index is 2.09. The summed E-state index contributed by atoms with van der Waals surface area (Å²) in [6.45, 7) is 3.22. The molecule has 1 heterocycles. The van der Waals surface area contributed by atoms with Gasteiger partial charge in [0.2, 0.25) is 0 Å². The molecule has 0 aromatic heterocycles. The number of amidine groups is 1. The van der Waals surface area contributed by atoms with Crippen LogP contribution in [0.3, 0.4) is 0 Å². The number of carbonyl (C=O) groups excluding carboxylic acids is 2. The highest BCUT2D eigenvalue weighted by Gasteiger charge is 2.67. The molecule has 5 nitrogen and oxygen atoms in total. The zero-order valence-corrected chi connectivity index (χ0v) is 14.9. The smallest absolute Gasteiger partial charge is 0.312 e. The fraction of sp³-hybridized carbons (Fsp3) is 0.150. The first kappa shape index (κ1) is 20.2. The minimum atomic E-state index is -5.23. The van der Waals surface area contributed by atoms with E-state index in [4.69, 9.17) is 0 Å². The zero-order chi connectivity index (χ0) is 21.2. The topological polar surface area (TPSA) is 61.8 Å². The van der Waals surface area contributed by atoms with Crippen molar-refractivity contribution in [2.24, 2.45) is 4.99 Å². The van der Waals surface area contributed by atoms with E-state index in [9.17, 15) is 27.2 Å². The van der Waals surface area contributed by atoms with Crippen LogP contribution in [0.2, 0.25) is 0 Å². The standard InChI is InChI=1S/C20H15F4N3O2/c1-2-12-27-16(13-6-4-3-5-7-13)25-19(18(27)29,20(22,23)24)26-17(28)14-8-10-15(21)11-9-14/h2-11H,1,12H2,(H,26,28)/t19-/m1/s1. The molecule has 2 amide bonds. The van der Waals surface area contributed by atoms with Gasteiger partial charge >= 0.3 is 11.8 Å². The molecule has 1 aliphatic heterocycles. The Bertz CT molecular complexity index is 971. The van der Waals surface area contributed by atoms with Crippen LogP contribution in [0.15, 0.2) is 72.2 Å². The SMILES string of the molecule is C=CCN1C(=O)[C@@](NC(=O)c2ccc(F)cc2)(C(F)(F)F)N=C1c1ccccc1. The van der Waals surface area contributed by atoms with Crippen LogP contribution in [-0.4, -0.2) is 40.9 Å². The Kier molecular flexibility index (Phi) is 5.23. The summed E-state index contributed by atoms with van der Waals surface area (Å²) in [5, 5.41) is 1.71. The van der Waals surface area contributed by atoms with Gasteiger partial charge < -0.3 is 5.32 Å². The molecule has 0 spiro atoms. The van der Waals surface area contributed by atoms with E-state index in [1.54, 1.807) is 23.5 Å². The number of alkyl halides is 3. The maximum Gasteiger partial charge on any atom is 0.442 e. The number of halogens is 4. The summed E-state index contributed by atoms with van der Waals surface area (Å²) in [5.41, 5.74) is -3.49. The van der Waals surface area contributed by atoms with Crippen molar-refractivity contribution in [3.05, 3.63) is 84.2 Å². The third-order valence-electron chi connectivity index (χ3n) is 4.24. The summed E-state index contributed by atoms with van der Waals surface area (Å²) in [6.07, 6.45) is -3.97. The monoisotopic (exact) mass is 405 g/mol. The first-order valence-corrected chi connectivity index (χ1v) is 8.42. The number of hydrogen-bond acceptors (Lipinski definition) is 3. The first-order valence-electron chi connectivity index (χ1n) is 8.42. The van der Waals surface area contributed by atoms with Gasteiger partial charge in [-0.1, -0.05) is 36.4 Å². The Labute approximate surface area is 163 Å². The van der Waals surface area contributed by atoms with Gasteiger partial charge in [0.05, 0.1) is 0 Å². The molecule has 0 aliphatic carbocycles. The molecule has 0 saturated carbocycles. The normalized spacial score (nSPS) is 19.1. The van der Waals surface area contributed by atoms with Crippen LogP contribution in [0.5, 0.6) is 0 Å². The van der Waals surface area contributed by atoms with E-state index in [-0.39, 0.29) is 23.5 Å². The number of nitrogens with zero attached hydrogens (tertiary/aromatic N) is 2. The van der Waals surface area contributed by atoms with Gasteiger partial charge in [-0.15, -0.1) is 6.58 Å². The lowest BCUT2D eigenvalue weighted by molar-refractivity contribution is -0.196. The van der Waals surface area contributed by atoms with Gasteiger partial charge in [-0.25, -0.2) is 9.38 Å². The van der Waals surface area contributed by atoms with Crippen LogP contribution in [0, 0.1) is 5.82 Å². The summed E-state index contributed by atoms with van der Waals surface area (Å²) >= 11 is 0. The minimum absolute atomic E-state index is 0.239. The molecule has 0 radical (unpaired) electrons. The van der Waals surface area contributed by atoms with Gasteiger partial charge in [-0.3, -0.25) is 14.5 Å². The summed E-state index contributed by atoms with van der Waals surface area (Å²) in [5.74, 6) is -3.58. The number of carbonyl (C=O) groups is 2. The quantitative estimate of drug-likeness (QED) is 0.613. The van der Waals surface area contributed by atoms with Crippen LogP contribution >= 0.6 is 0 Å². The molecule has 9 heteroatoms. The number of aliphatic imine (C=N–C) groups is 1. The molecule has 2 aromatic carbocycles. The van der Waals surface area contributed by atoms with E-state index in [1.165, 1.54) is 18.2 Å². The largest absolute Gasteiger partial charge is 0.442 e. The maximum atomic E-state index is 14.1. The highest BCUT2D eigenvalue weighted by Crippen LogP contribution is 2.38. The Morgan fingerprint density at radius 2 is 1.76 bits per heavy atom. The first-order chi connectivity index (χ1) is 13.7. The maximum absolute atomic E-state index is 14.1. The van der Waals surface area contributed by atoms with Crippen molar-refractivity contribution >= 4 is 17.6 Å². The minimum Gasteiger partial charge on any atom is -0.312 e. The van der Waals surface area contributed by atoms with Crippen molar-refractivity contribution in [3.63, 3.8) is 0 Å². The van der Waals surface area contributed by atoms with E-state index < -0.39 is 29.5 Å². The van der Waals surface area contributed by atoms with Crippen molar-refractivity contribution < 1.29 is 27.2 Å². The second-order valence-corrected chi connectivity index (χ2v) is 6.18. The average molecular weight is 405 g/mol. The molecule has 0 bridgehead atoms. The van der Waals surface area contributed by atoms with Crippen molar-refractivity contribution in [1.29, 1.82) is 0 Å². The summed E-state index contributed by atoms with van der Waals surface area (Å²) in [6, 6.07) is 11.7. The number of nitrogens with one attached hydrogen (secondary N) is 1. The lowest BCUT2D eigenvalue weighted by atomic mass is 10.1. The molecule has 29 heavy (non-hydrogen) atoms. The molecule has 1 N–H and O–H groups in total. The third-order valence-corrected chi connectivity index (χ3v) is 4.24. The van der Waals surface area contributed by atoms with Crippen LogP contribution in [-0.2, 0) is 4.79 Å². The molecule has 2 aromatic rings. The molecule has 150 valence electrons. The van der Waals surface area contributed by atoms with E-state index in [0.717, 1.165) is 29.2 Å². The van der Waals surface area contributed by atoms with Crippen molar-refractivity contribution in [2.75, 3.05) is 6.54 Å². The van der Waals surface area contributed by atoms with Crippen molar-refractivity contribution in [1.82, 2.24) is 10.2 Å². The molecule has 1 aliphatic rings. The number of benzene rings is 2. The van der Waals surface area contributed by atoms with Crippen molar-refractivity contribution in [3.8, 4) is 0 Å². The van der Waals surface area contributed by atoms with Gasteiger partial charge in [0.1, 0.15) is 11.7 Å². The third kappa shape index (κ3) is 3.63. The van der Waals surface area contributed by atoms with Gasteiger partial charge in [0.25, 0.3) is 11.8 Å². The molecule has 0 unspecified atom stereocenters. The molecule has 1 atom stereocenters. The predicted octanol–water partition coefficient (Wildman–Crippen LogP) is 3.29. The predicted molar refractivity (Wildman–Crippen MR) is 97.5 cm³/mol. The van der Waals surface area contributed by atoms with E-state index in [0.29, 0.717) is 0 Å². The summed E-state index contributed by atoms with van der Waals surface area (Å²) in [4.78, 5) is 29.7. The Morgan fingerprint density at radius 3 is 2.31 bits per heavy atom. The zero-order valence-electron chi connectivity index (χ0n) is 14.9. The average Bonchev–Trinajstić information content (AvgIpc) is 2.96. The van der Waals surface area contributed by atoms with E-state index >= 15 is 0 Å². The second-order valence-electron chi connectivity index (χ2n) is 6.18. The molecule has 0 fully saturated rings. The Hall–Kier alpha value is -3.49. The van der Waals surface area contributed by atoms with Crippen molar-refractivity contribution in [2.45, 2.75) is 11.8 Å². The second kappa shape index (κ2) is 7.50. The van der Waals surface area contributed by atoms with Gasteiger partial charge in [-0.05, 0) is 24.3 Å². The van der Waals surface area contributed by atoms with E-state index in [1.807, 2.05) is 0 Å². The fourth-order valence-corrected chi connectivity index (χ4v) is 2.84. The molecular weight excluding hydrogens is 390 g/mol. The van der Waals surface area contributed by atoms with Gasteiger partial charge in [0, 0.05) is 17.7 Å². The summed E-state index contributed by atoms with van der Waals surface area (Å²) < 4.78 is 55.2. The fourth-order valence-electron chi connectivity index (χ4n) is 2.84. The van der Waals surface area contributed by atoms with Gasteiger partial charge in [-0.2, -0.15) is 13.2 Å². The van der Waals surface area contributed by atoms with Gasteiger partial charge in [0.15, 0.2) is 0 Å². The number of amides is 2. The lowest BCUT2D eigenvalue weighted by Gasteiger charge is -2.28. The van der Waals surface area contributed by atoms with Crippen LogP contribution in [0.1, 0.15) is 15.9 Å². The highest BCUT2D eigenvalue weighted by molar-refractivity contribution is 6.16. The number of rotatable bonds is 5. The molecular formula is C20H15F4N3O2. The van der Waals surface area contributed by atoms with E-state index in [2.05, 4.69) is 11.6 Å². The summed E-state index contributed by atoms with van der Waals surface area (Å²) in [7, 11) is 0. The van der Waals surface area contributed by atoms with Crippen LogP contribution in [0.25, 0.3) is 0 Å². The molecule has 0 saturated heterocycles. The number of hydrogen-bond donors (Lipinski definition) is 1.